The van der Waals surface area contributed by atoms with Gasteiger partial charge >= 0.3 is 0 Å². The molecule has 1 heterocycles. The number of thioether (sulfide) groups is 1. The molecule has 0 aromatic heterocycles. The maximum absolute atomic E-state index is 13.4. The number of rotatable bonds is 6. The van der Waals surface area contributed by atoms with Gasteiger partial charge in [0, 0.05) is 27.8 Å². The number of ketones is 1. The Morgan fingerprint density at radius 2 is 1.79 bits per heavy atom. The summed E-state index contributed by atoms with van der Waals surface area (Å²) in [5, 5.41) is 0.590. The summed E-state index contributed by atoms with van der Waals surface area (Å²) >= 11 is 7.64. The second kappa shape index (κ2) is 9.29. The second-order valence-electron chi connectivity index (χ2n) is 6.35. The molecule has 1 aliphatic heterocycles. The van der Waals surface area contributed by atoms with Gasteiger partial charge in [-0.3, -0.25) is 4.79 Å². The van der Waals surface area contributed by atoms with Crippen LogP contribution in [0.1, 0.15) is 29.3 Å². The van der Waals surface area contributed by atoms with Crippen LogP contribution in [-0.4, -0.2) is 16.6 Å². The summed E-state index contributed by atoms with van der Waals surface area (Å²) in [4.78, 5) is 15.6. The monoisotopic (exact) mass is 432 g/mol. The van der Waals surface area contributed by atoms with Crippen LogP contribution in [0.15, 0.2) is 71.4 Å². The molecule has 0 bridgehead atoms. The molecule has 0 saturated heterocycles. The lowest BCUT2D eigenvalue weighted by atomic mass is 10.1. The predicted octanol–water partition coefficient (Wildman–Crippen LogP) is 5.94. The molecule has 0 amide bonds. The molecule has 2 aromatic carbocycles. The average Bonchev–Trinajstić information content (AvgIpc) is 3.16. The van der Waals surface area contributed by atoms with Crippen LogP contribution in [0.3, 0.4) is 0 Å². The van der Waals surface area contributed by atoms with Crippen molar-refractivity contribution in [1.29, 1.82) is 0 Å². The van der Waals surface area contributed by atoms with E-state index in [1.165, 1.54) is 11.0 Å². The zero-order valence-corrected chi connectivity index (χ0v) is 17.2. The first kappa shape index (κ1) is 21.1. The van der Waals surface area contributed by atoms with E-state index in [0.29, 0.717) is 22.3 Å². The Hall–Kier alpha value is -2.57. The molecule has 2 N–H and O–H groups in total. The van der Waals surface area contributed by atoms with Crippen molar-refractivity contribution in [3.05, 3.63) is 99.2 Å². The van der Waals surface area contributed by atoms with Gasteiger partial charge in [-0.1, -0.05) is 30.7 Å². The van der Waals surface area contributed by atoms with Crippen LogP contribution >= 0.6 is 23.4 Å². The van der Waals surface area contributed by atoms with E-state index in [1.54, 1.807) is 42.1 Å². The van der Waals surface area contributed by atoms with Crippen LogP contribution in [0.25, 0.3) is 5.70 Å². The normalized spacial score (nSPS) is 14.9. The lowest BCUT2D eigenvalue weighted by Crippen LogP contribution is -2.16. The van der Waals surface area contributed by atoms with Gasteiger partial charge in [0.25, 0.3) is 0 Å². The Labute approximate surface area is 177 Å². The average molecular weight is 433 g/mol. The van der Waals surface area contributed by atoms with E-state index in [1.807, 2.05) is 11.1 Å². The molecule has 0 fully saturated rings. The Bertz CT molecular complexity index is 996. The number of nitrogens with two attached hydrogens (primary N) is 1. The molecule has 2 aromatic rings. The Morgan fingerprint density at radius 3 is 2.38 bits per heavy atom. The van der Waals surface area contributed by atoms with Gasteiger partial charge in [-0.15, -0.1) is 11.8 Å². The van der Waals surface area contributed by atoms with Gasteiger partial charge in [-0.25, -0.2) is 8.78 Å². The maximum Gasteiger partial charge on any atom is 0.186 e. The van der Waals surface area contributed by atoms with Gasteiger partial charge in [-0.05, 0) is 48.4 Å². The molecule has 0 unspecified atom stereocenters. The first-order chi connectivity index (χ1) is 13.9. The van der Waals surface area contributed by atoms with Crippen molar-refractivity contribution in [1.82, 2.24) is 4.90 Å². The van der Waals surface area contributed by atoms with E-state index in [2.05, 4.69) is 6.92 Å². The molecule has 0 spiro atoms. The largest absolute Gasteiger partial charge is 0.397 e. The first-order valence-electron chi connectivity index (χ1n) is 8.91. The quantitative estimate of drug-likeness (QED) is 0.348. The van der Waals surface area contributed by atoms with Crippen molar-refractivity contribution in [3.63, 3.8) is 0 Å². The van der Waals surface area contributed by atoms with Gasteiger partial charge in [0.2, 0.25) is 0 Å². The zero-order valence-electron chi connectivity index (χ0n) is 15.7. The smallest absolute Gasteiger partial charge is 0.186 e. The molecule has 7 heteroatoms. The van der Waals surface area contributed by atoms with Crippen LogP contribution in [0.2, 0.25) is 5.02 Å². The van der Waals surface area contributed by atoms with Crippen molar-refractivity contribution in [2.24, 2.45) is 5.73 Å². The third kappa shape index (κ3) is 5.28. The van der Waals surface area contributed by atoms with Gasteiger partial charge in [0.15, 0.2) is 5.78 Å². The Kier molecular flexibility index (Phi) is 6.77. The second-order valence-corrected chi connectivity index (χ2v) is 7.86. The lowest BCUT2D eigenvalue weighted by molar-refractivity contribution is 0.104. The minimum Gasteiger partial charge on any atom is -0.397 e. The summed E-state index contributed by atoms with van der Waals surface area (Å²) in [6.07, 6.45) is 5.72. The molecular weight excluding hydrogens is 414 g/mol. The van der Waals surface area contributed by atoms with Crippen molar-refractivity contribution in [2.75, 3.05) is 5.88 Å². The van der Waals surface area contributed by atoms with Crippen LogP contribution in [0.5, 0.6) is 0 Å². The van der Waals surface area contributed by atoms with E-state index in [9.17, 15) is 13.6 Å². The molecule has 150 valence electrons. The number of benzene rings is 2. The van der Waals surface area contributed by atoms with E-state index >= 15 is 0 Å². The van der Waals surface area contributed by atoms with Crippen LogP contribution in [0, 0.1) is 11.6 Å². The van der Waals surface area contributed by atoms with Crippen molar-refractivity contribution in [3.8, 4) is 0 Å². The minimum atomic E-state index is -0.801. The number of allylic oxidation sites excluding steroid dienone is 3. The van der Waals surface area contributed by atoms with Crippen molar-refractivity contribution in [2.45, 2.75) is 13.3 Å². The number of nitrogens with zero attached hydrogens (tertiary/aromatic N) is 1. The fourth-order valence-electron chi connectivity index (χ4n) is 2.80. The predicted molar refractivity (Wildman–Crippen MR) is 115 cm³/mol. The van der Waals surface area contributed by atoms with Gasteiger partial charge in [0.05, 0.1) is 17.3 Å². The van der Waals surface area contributed by atoms with Crippen LogP contribution < -0.4 is 5.73 Å². The SMILES string of the molecule is CCC1=CN(C(/C=C/C(=O)c2cc(F)cc(F)c2)=C(\N)c2ccc(Cl)cc2)CS1. The zero-order chi connectivity index (χ0) is 21.0. The topological polar surface area (TPSA) is 46.3 Å². The molecule has 1 aliphatic rings. The highest BCUT2D eigenvalue weighted by Gasteiger charge is 2.18. The summed E-state index contributed by atoms with van der Waals surface area (Å²) < 4.78 is 26.8. The molecule has 3 rings (SSSR count). The fourth-order valence-corrected chi connectivity index (χ4v) is 3.85. The van der Waals surface area contributed by atoms with Gasteiger partial charge < -0.3 is 10.6 Å². The van der Waals surface area contributed by atoms with Gasteiger partial charge in [-0.2, -0.15) is 0 Å². The summed E-state index contributed by atoms with van der Waals surface area (Å²) in [6.45, 7) is 2.06. The van der Waals surface area contributed by atoms with Crippen molar-refractivity contribution >= 4 is 34.8 Å². The highest BCUT2D eigenvalue weighted by atomic mass is 35.5. The van der Waals surface area contributed by atoms with Gasteiger partial charge in [0.1, 0.15) is 11.6 Å². The third-order valence-electron chi connectivity index (χ3n) is 4.32. The molecular formula is C22H19ClF2N2OS. The number of hydrogen-bond donors (Lipinski definition) is 1. The summed E-state index contributed by atoms with van der Waals surface area (Å²) in [5.41, 5.74) is 8.17. The maximum atomic E-state index is 13.4. The third-order valence-corrected chi connectivity index (χ3v) is 5.74. The summed E-state index contributed by atoms with van der Waals surface area (Å²) in [6, 6.07) is 9.79. The summed E-state index contributed by atoms with van der Waals surface area (Å²) in [5.74, 6) is -1.47. The standard InChI is InChI=1S/C22H19ClF2N2OS/c1-2-19-12-27(13-29-19)20(22(26)14-3-5-16(23)6-4-14)7-8-21(28)15-9-17(24)11-18(25)10-15/h3-12H,2,13,26H2,1H3/b8-7+,22-20-. The highest BCUT2D eigenvalue weighted by molar-refractivity contribution is 8.03. The van der Waals surface area contributed by atoms with E-state index < -0.39 is 17.4 Å². The van der Waals surface area contributed by atoms with Crippen LogP contribution in [0.4, 0.5) is 8.78 Å². The fraction of sp³-hybridized carbons (Fsp3) is 0.136. The Balaban J connectivity index is 1.98. The molecule has 3 nitrogen and oxygen atoms in total. The minimum absolute atomic E-state index is 0.0660. The number of hydrogen-bond acceptors (Lipinski definition) is 4. The number of halogens is 3. The molecule has 29 heavy (non-hydrogen) atoms. The van der Waals surface area contributed by atoms with E-state index in [-0.39, 0.29) is 5.56 Å². The molecule has 0 aliphatic carbocycles. The first-order valence-corrected chi connectivity index (χ1v) is 10.3. The van der Waals surface area contributed by atoms with Crippen LogP contribution in [-0.2, 0) is 0 Å². The molecule has 0 atom stereocenters. The number of carbonyl (C=O) groups is 1. The lowest BCUT2D eigenvalue weighted by Gasteiger charge is -2.19. The van der Waals surface area contributed by atoms with E-state index in [4.69, 9.17) is 17.3 Å². The Morgan fingerprint density at radius 1 is 1.14 bits per heavy atom. The number of carbonyl (C=O) groups excluding carboxylic acids is 1. The molecule has 0 saturated carbocycles. The molecule has 0 radical (unpaired) electrons. The highest BCUT2D eigenvalue weighted by Crippen LogP contribution is 2.32. The summed E-state index contributed by atoms with van der Waals surface area (Å²) in [7, 11) is 0. The van der Waals surface area contributed by atoms with Crippen molar-refractivity contribution < 1.29 is 13.6 Å². The van der Waals surface area contributed by atoms with E-state index in [0.717, 1.165) is 30.2 Å².